The van der Waals surface area contributed by atoms with Gasteiger partial charge in [0.1, 0.15) is 0 Å². The maximum Gasteiger partial charge on any atom is 0.340 e. The predicted octanol–water partition coefficient (Wildman–Crippen LogP) is 5.44. The number of aromatic nitrogens is 1. The Kier molecular flexibility index (Phi) is 5.77. The number of fused-ring (bicyclic) bond motifs is 3. The van der Waals surface area contributed by atoms with Crippen molar-refractivity contribution >= 4 is 5.97 Å². The molecule has 0 amide bonds. The van der Waals surface area contributed by atoms with E-state index < -0.39 is 0 Å². The Balaban J connectivity index is 2.00. The van der Waals surface area contributed by atoms with Crippen LogP contribution in [-0.2, 0) is 24.1 Å². The summed E-state index contributed by atoms with van der Waals surface area (Å²) >= 11 is 0. The van der Waals surface area contributed by atoms with Crippen molar-refractivity contribution in [1.82, 2.24) is 4.57 Å². The van der Waals surface area contributed by atoms with E-state index in [2.05, 4.69) is 42.7 Å². The number of esters is 1. The number of hydrogen-bond acceptors (Lipinski definition) is 4. The van der Waals surface area contributed by atoms with Crippen LogP contribution in [-0.4, -0.2) is 31.4 Å². The molecule has 0 aliphatic carbocycles. The molecule has 0 unspecified atom stereocenters. The number of carbonyl (C=O) groups excluding carboxylic acids is 1. The minimum Gasteiger partial charge on any atom is -0.493 e. The lowest BCUT2D eigenvalue weighted by atomic mass is 9.93. The summed E-state index contributed by atoms with van der Waals surface area (Å²) in [6.07, 6.45) is 1.83. The molecule has 5 nitrogen and oxygen atoms in total. The quantitative estimate of drug-likeness (QED) is 0.499. The monoisotopic (exact) mass is 419 g/mol. The molecule has 0 bridgehead atoms. The largest absolute Gasteiger partial charge is 0.493 e. The number of hydrogen-bond donors (Lipinski definition) is 0. The summed E-state index contributed by atoms with van der Waals surface area (Å²) in [6, 6.07) is 12.5. The Hall–Kier alpha value is -3.21. The molecule has 0 saturated heterocycles. The summed E-state index contributed by atoms with van der Waals surface area (Å²) in [5.74, 6) is 1.06. The van der Waals surface area contributed by atoms with E-state index in [9.17, 15) is 4.79 Å². The average Bonchev–Trinajstić information content (AvgIpc) is 3.11. The van der Waals surface area contributed by atoms with Gasteiger partial charge in [-0.3, -0.25) is 0 Å². The maximum atomic E-state index is 13.2. The van der Waals surface area contributed by atoms with Crippen molar-refractivity contribution in [2.45, 2.75) is 40.2 Å². The molecule has 0 fully saturated rings. The normalized spacial score (nSPS) is 12.2. The van der Waals surface area contributed by atoms with Crippen molar-refractivity contribution in [1.29, 1.82) is 0 Å². The molecule has 162 valence electrons. The number of aryl methyl sites for hydroxylation is 2. The van der Waals surface area contributed by atoms with Gasteiger partial charge in [0, 0.05) is 23.4 Å². The van der Waals surface area contributed by atoms with Gasteiger partial charge in [0.15, 0.2) is 11.5 Å². The summed E-state index contributed by atoms with van der Waals surface area (Å²) in [6.45, 7) is 7.18. The first-order chi connectivity index (χ1) is 15.0. The van der Waals surface area contributed by atoms with E-state index in [1.54, 1.807) is 14.2 Å². The van der Waals surface area contributed by atoms with E-state index in [1.165, 1.54) is 5.56 Å². The fourth-order valence-corrected chi connectivity index (χ4v) is 4.54. The highest BCUT2D eigenvalue weighted by Gasteiger charge is 2.32. The van der Waals surface area contributed by atoms with Gasteiger partial charge in [0.05, 0.1) is 32.1 Å². The second kappa shape index (κ2) is 8.50. The van der Waals surface area contributed by atoms with Gasteiger partial charge in [-0.25, -0.2) is 4.79 Å². The van der Waals surface area contributed by atoms with Gasteiger partial charge in [-0.2, -0.15) is 0 Å². The van der Waals surface area contributed by atoms with E-state index in [4.69, 9.17) is 14.2 Å². The fraction of sp³-hybridized carbons (Fsp3) is 0.346. The predicted molar refractivity (Wildman–Crippen MR) is 122 cm³/mol. The van der Waals surface area contributed by atoms with Gasteiger partial charge >= 0.3 is 5.97 Å². The molecule has 0 N–H and O–H groups in total. The summed E-state index contributed by atoms with van der Waals surface area (Å²) in [5.41, 5.74) is 7.96. The molecule has 1 aliphatic heterocycles. The molecular weight excluding hydrogens is 390 g/mol. The standard InChI is InChI=1S/C26H29NO4/c1-6-17-8-10-18(11-9-17)23-16(3)27-13-12-19-14-21(29-4)22(30-5)15-20(19)25(27)24(23)26(28)31-7-2/h8-11,14-15H,6-7,12-13H2,1-5H3. The topological polar surface area (TPSA) is 49.7 Å². The summed E-state index contributed by atoms with van der Waals surface area (Å²) < 4.78 is 18.8. The Morgan fingerprint density at radius 1 is 1.03 bits per heavy atom. The molecule has 2 heterocycles. The molecule has 2 aromatic carbocycles. The second-order valence-corrected chi connectivity index (χ2v) is 7.72. The summed E-state index contributed by atoms with van der Waals surface area (Å²) in [5, 5.41) is 0. The number of nitrogens with zero attached hydrogens (tertiary/aromatic N) is 1. The number of methoxy groups -OCH3 is 2. The van der Waals surface area contributed by atoms with Gasteiger partial charge < -0.3 is 18.8 Å². The zero-order valence-corrected chi connectivity index (χ0v) is 18.9. The highest BCUT2D eigenvalue weighted by Crippen LogP contribution is 2.45. The number of carbonyl (C=O) groups is 1. The Labute approximate surface area is 183 Å². The van der Waals surface area contributed by atoms with Gasteiger partial charge in [-0.15, -0.1) is 0 Å². The summed E-state index contributed by atoms with van der Waals surface area (Å²) in [7, 11) is 3.27. The van der Waals surface area contributed by atoms with Gasteiger partial charge in [0.2, 0.25) is 0 Å². The molecular formula is C26H29NO4. The zero-order chi connectivity index (χ0) is 22.1. The second-order valence-electron chi connectivity index (χ2n) is 7.72. The molecule has 0 atom stereocenters. The third-order valence-electron chi connectivity index (χ3n) is 6.12. The Morgan fingerprint density at radius 3 is 2.32 bits per heavy atom. The van der Waals surface area contributed by atoms with E-state index in [1.807, 2.05) is 19.1 Å². The van der Waals surface area contributed by atoms with Crippen LogP contribution >= 0.6 is 0 Å². The first-order valence-corrected chi connectivity index (χ1v) is 10.8. The van der Waals surface area contributed by atoms with E-state index >= 15 is 0 Å². The van der Waals surface area contributed by atoms with Crippen LogP contribution in [0.4, 0.5) is 0 Å². The number of benzene rings is 2. The molecule has 0 saturated carbocycles. The van der Waals surface area contributed by atoms with Crippen LogP contribution in [0.25, 0.3) is 22.4 Å². The molecule has 31 heavy (non-hydrogen) atoms. The smallest absolute Gasteiger partial charge is 0.340 e. The first-order valence-electron chi connectivity index (χ1n) is 10.8. The molecule has 0 spiro atoms. The lowest BCUT2D eigenvalue weighted by molar-refractivity contribution is 0.0528. The lowest BCUT2D eigenvalue weighted by Gasteiger charge is -2.23. The van der Waals surface area contributed by atoms with Gasteiger partial charge in [0.25, 0.3) is 0 Å². The number of rotatable bonds is 6. The third-order valence-corrected chi connectivity index (χ3v) is 6.12. The van der Waals surface area contributed by atoms with Crippen LogP contribution in [0.3, 0.4) is 0 Å². The molecule has 1 aliphatic rings. The minimum absolute atomic E-state index is 0.295. The van der Waals surface area contributed by atoms with Crippen molar-refractivity contribution in [3.63, 3.8) is 0 Å². The molecule has 4 rings (SSSR count). The minimum atomic E-state index is -0.295. The third kappa shape index (κ3) is 3.48. The molecule has 0 radical (unpaired) electrons. The summed E-state index contributed by atoms with van der Waals surface area (Å²) in [4.78, 5) is 13.2. The van der Waals surface area contributed by atoms with E-state index in [0.29, 0.717) is 23.7 Å². The lowest BCUT2D eigenvalue weighted by Crippen LogP contribution is -2.15. The van der Waals surface area contributed by atoms with Gasteiger partial charge in [-0.05, 0) is 55.5 Å². The average molecular weight is 420 g/mol. The zero-order valence-electron chi connectivity index (χ0n) is 18.9. The van der Waals surface area contributed by atoms with Crippen molar-refractivity contribution in [2.75, 3.05) is 20.8 Å². The SMILES string of the molecule is CCOC(=O)c1c(-c2ccc(CC)cc2)c(C)n2c1-c1cc(OC)c(OC)cc1CC2. The van der Waals surface area contributed by atoms with E-state index in [0.717, 1.165) is 53.0 Å². The van der Waals surface area contributed by atoms with Crippen LogP contribution in [0.1, 0.15) is 41.0 Å². The highest BCUT2D eigenvalue weighted by molar-refractivity contribution is 6.05. The maximum absolute atomic E-state index is 13.2. The molecule has 3 aromatic rings. The van der Waals surface area contributed by atoms with Crippen LogP contribution in [0.5, 0.6) is 11.5 Å². The Bertz CT molecular complexity index is 1130. The first kappa shape index (κ1) is 21.0. The fourth-order valence-electron chi connectivity index (χ4n) is 4.54. The molecule has 5 heteroatoms. The van der Waals surface area contributed by atoms with Crippen LogP contribution in [0, 0.1) is 6.92 Å². The molecule has 1 aromatic heterocycles. The van der Waals surface area contributed by atoms with Crippen molar-refractivity contribution in [3.8, 4) is 33.9 Å². The van der Waals surface area contributed by atoms with Crippen LogP contribution in [0.2, 0.25) is 0 Å². The van der Waals surface area contributed by atoms with E-state index in [-0.39, 0.29) is 5.97 Å². The van der Waals surface area contributed by atoms with Crippen molar-refractivity contribution in [3.05, 3.63) is 58.8 Å². The van der Waals surface area contributed by atoms with Crippen LogP contribution < -0.4 is 9.47 Å². The van der Waals surface area contributed by atoms with Gasteiger partial charge in [-0.1, -0.05) is 31.2 Å². The van der Waals surface area contributed by atoms with Crippen molar-refractivity contribution < 1.29 is 19.0 Å². The Morgan fingerprint density at radius 2 is 1.71 bits per heavy atom. The highest BCUT2D eigenvalue weighted by atomic mass is 16.5. The van der Waals surface area contributed by atoms with Crippen LogP contribution in [0.15, 0.2) is 36.4 Å². The van der Waals surface area contributed by atoms with Crippen molar-refractivity contribution in [2.24, 2.45) is 0 Å². The number of ether oxygens (including phenoxy) is 3.